The quantitative estimate of drug-likeness (QED) is 0.639. The van der Waals surface area contributed by atoms with Crippen LogP contribution in [0, 0.1) is 23.2 Å². The van der Waals surface area contributed by atoms with Crippen LogP contribution in [0.5, 0.6) is 0 Å². The Kier molecular flexibility index (Phi) is 6.17. The molecule has 0 aromatic rings. The van der Waals surface area contributed by atoms with Crippen molar-refractivity contribution in [2.24, 2.45) is 23.2 Å². The minimum atomic E-state index is 0.524. The Bertz CT molecular complexity index is 295. The molecule has 0 radical (unpaired) electrons. The molecule has 2 aliphatic rings. The molecule has 124 valence electrons. The first-order valence-electron chi connectivity index (χ1n) is 9.67. The van der Waals surface area contributed by atoms with E-state index in [-0.39, 0.29) is 0 Å². The number of piperidine rings is 1. The lowest BCUT2D eigenvalue weighted by Crippen LogP contribution is -2.47. The lowest BCUT2D eigenvalue weighted by molar-refractivity contribution is 0.0382. The molecule has 1 heteroatoms. The number of unbranched alkanes of at least 4 members (excludes halogenated alkanes) is 1. The van der Waals surface area contributed by atoms with Gasteiger partial charge in [0.15, 0.2) is 0 Å². The van der Waals surface area contributed by atoms with Gasteiger partial charge in [-0.15, -0.1) is 0 Å². The fraction of sp³-hybridized carbons (Fsp3) is 1.00. The molecule has 0 aromatic heterocycles. The van der Waals surface area contributed by atoms with Crippen molar-refractivity contribution in [3.8, 4) is 0 Å². The molecule has 21 heavy (non-hydrogen) atoms. The maximum absolute atomic E-state index is 2.80. The van der Waals surface area contributed by atoms with Gasteiger partial charge in [0, 0.05) is 6.04 Å². The summed E-state index contributed by atoms with van der Waals surface area (Å²) in [7, 11) is 0. The monoisotopic (exact) mass is 293 g/mol. The topological polar surface area (TPSA) is 3.24 Å². The van der Waals surface area contributed by atoms with Gasteiger partial charge in [-0.25, -0.2) is 0 Å². The van der Waals surface area contributed by atoms with Crippen LogP contribution in [0.1, 0.15) is 86.0 Å². The first kappa shape index (κ1) is 17.3. The molecular formula is C20H39N. The molecule has 1 nitrogen and oxygen atoms in total. The number of nitrogens with zero attached hydrogens (tertiary/aromatic N) is 1. The van der Waals surface area contributed by atoms with Gasteiger partial charge in [-0.2, -0.15) is 0 Å². The highest BCUT2D eigenvalue weighted by Crippen LogP contribution is 2.44. The van der Waals surface area contributed by atoms with Gasteiger partial charge in [0.1, 0.15) is 0 Å². The van der Waals surface area contributed by atoms with Crippen molar-refractivity contribution >= 4 is 0 Å². The Balaban J connectivity index is 1.87. The maximum Gasteiger partial charge on any atom is 0.00978 e. The predicted molar refractivity (Wildman–Crippen MR) is 93.6 cm³/mol. The fourth-order valence-corrected chi connectivity index (χ4v) is 4.97. The second kappa shape index (κ2) is 7.49. The van der Waals surface area contributed by atoms with E-state index in [2.05, 4.69) is 39.5 Å². The van der Waals surface area contributed by atoms with Crippen molar-refractivity contribution in [3.63, 3.8) is 0 Å². The molecule has 2 atom stereocenters. The summed E-state index contributed by atoms with van der Waals surface area (Å²) in [6, 6.07) is 0.835. The van der Waals surface area contributed by atoms with Gasteiger partial charge >= 0.3 is 0 Å². The van der Waals surface area contributed by atoms with Crippen LogP contribution in [0.2, 0.25) is 0 Å². The molecule has 2 fully saturated rings. The first-order valence-corrected chi connectivity index (χ1v) is 9.67. The van der Waals surface area contributed by atoms with E-state index in [0.717, 1.165) is 23.8 Å². The Morgan fingerprint density at radius 1 is 1.00 bits per heavy atom. The van der Waals surface area contributed by atoms with Gasteiger partial charge in [0.2, 0.25) is 0 Å². The molecular weight excluding hydrogens is 254 g/mol. The van der Waals surface area contributed by atoms with E-state index in [1.54, 1.807) is 0 Å². The van der Waals surface area contributed by atoms with Gasteiger partial charge in [0.25, 0.3) is 0 Å². The summed E-state index contributed by atoms with van der Waals surface area (Å²) >= 11 is 0. The van der Waals surface area contributed by atoms with Crippen LogP contribution in [0.3, 0.4) is 0 Å². The molecule has 0 aromatic carbocycles. The minimum absolute atomic E-state index is 0.524. The van der Waals surface area contributed by atoms with Gasteiger partial charge < -0.3 is 4.90 Å². The fourth-order valence-electron chi connectivity index (χ4n) is 4.97. The van der Waals surface area contributed by atoms with Crippen molar-refractivity contribution in [1.82, 2.24) is 4.90 Å². The van der Waals surface area contributed by atoms with Crippen molar-refractivity contribution in [3.05, 3.63) is 0 Å². The first-order chi connectivity index (χ1) is 9.93. The average Bonchev–Trinajstić information content (AvgIpc) is 2.45. The second-order valence-corrected chi connectivity index (χ2v) is 8.91. The third-order valence-corrected chi connectivity index (χ3v) is 6.58. The van der Waals surface area contributed by atoms with Gasteiger partial charge in [0.05, 0.1) is 0 Å². The SMILES string of the molecule is CCCCN1CCC[C@H](C2CCC(C(C)(C)C)CC2)[C@H]1C. The summed E-state index contributed by atoms with van der Waals surface area (Å²) in [5.41, 5.74) is 0.524. The minimum Gasteiger partial charge on any atom is -0.300 e. The molecule has 1 aliphatic heterocycles. The molecule has 1 saturated heterocycles. The summed E-state index contributed by atoms with van der Waals surface area (Å²) in [4.78, 5) is 2.80. The van der Waals surface area contributed by atoms with Crippen molar-refractivity contribution < 1.29 is 0 Å². The molecule has 1 aliphatic carbocycles. The molecule has 0 N–H and O–H groups in total. The van der Waals surface area contributed by atoms with Crippen LogP contribution in [-0.2, 0) is 0 Å². The Labute approximate surface area is 133 Å². The van der Waals surface area contributed by atoms with E-state index in [0.29, 0.717) is 5.41 Å². The largest absolute Gasteiger partial charge is 0.300 e. The summed E-state index contributed by atoms with van der Waals surface area (Å²) in [6.45, 7) is 14.9. The van der Waals surface area contributed by atoms with Gasteiger partial charge in [-0.05, 0) is 88.1 Å². The molecule has 2 rings (SSSR count). The van der Waals surface area contributed by atoms with E-state index in [1.807, 2.05) is 0 Å². The van der Waals surface area contributed by atoms with Crippen molar-refractivity contribution in [2.75, 3.05) is 13.1 Å². The van der Waals surface area contributed by atoms with Crippen LogP contribution < -0.4 is 0 Å². The third-order valence-electron chi connectivity index (χ3n) is 6.58. The molecule has 1 heterocycles. The summed E-state index contributed by atoms with van der Waals surface area (Å²) < 4.78 is 0. The number of likely N-dealkylation sites (tertiary alicyclic amines) is 1. The molecule has 0 bridgehead atoms. The van der Waals surface area contributed by atoms with Crippen LogP contribution in [0.15, 0.2) is 0 Å². The molecule has 0 spiro atoms. The highest BCUT2D eigenvalue weighted by molar-refractivity contribution is 4.89. The third kappa shape index (κ3) is 4.47. The van der Waals surface area contributed by atoms with E-state index >= 15 is 0 Å². The van der Waals surface area contributed by atoms with Crippen LogP contribution >= 0.6 is 0 Å². The lowest BCUT2D eigenvalue weighted by atomic mass is 9.65. The van der Waals surface area contributed by atoms with Crippen LogP contribution in [-0.4, -0.2) is 24.0 Å². The van der Waals surface area contributed by atoms with E-state index in [9.17, 15) is 0 Å². The highest BCUT2D eigenvalue weighted by atomic mass is 15.2. The van der Waals surface area contributed by atoms with Crippen LogP contribution in [0.25, 0.3) is 0 Å². The number of rotatable bonds is 4. The zero-order valence-corrected chi connectivity index (χ0v) is 15.3. The summed E-state index contributed by atoms with van der Waals surface area (Å²) in [5.74, 6) is 2.96. The molecule has 0 amide bonds. The number of hydrogen-bond donors (Lipinski definition) is 0. The van der Waals surface area contributed by atoms with Crippen molar-refractivity contribution in [1.29, 1.82) is 0 Å². The predicted octanol–water partition coefficient (Wildman–Crippen LogP) is 5.74. The zero-order valence-electron chi connectivity index (χ0n) is 15.3. The highest BCUT2D eigenvalue weighted by Gasteiger charge is 2.37. The summed E-state index contributed by atoms with van der Waals surface area (Å²) in [5, 5.41) is 0. The molecule has 1 saturated carbocycles. The van der Waals surface area contributed by atoms with Gasteiger partial charge in [-0.1, -0.05) is 34.1 Å². The van der Waals surface area contributed by atoms with Crippen LogP contribution in [0.4, 0.5) is 0 Å². The maximum atomic E-state index is 2.80. The summed E-state index contributed by atoms with van der Waals surface area (Å²) in [6.07, 6.45) is 11.6. The number of hydrogen-bond acceptors (Lipinski definition) is 1. The normalized spacial score (nSPS) is 35.9. The van der Waals surface area contributed by atoms with E-state index in [1.165, 1.54) is 64.5 Å². The Morgan fingerprint density at radius 2 is 1.67 bits per heavy atom. The average molecular weight is 294 g/mol. The lowest BCUT2D eigenvalue weighted by Gasteiger charge is -2.46. The Hall–Kier alpha value is -0.0400. The smallest absolute Gasteiger partial charge is 0.00978 e. The van der Waals surface area contributed by atoms with E-state index in [4.69, 9.17) is 0 Å². The zero-order chi connectivity index (χ0) is 15.5. The van der Waals surface area contributed by atoms with Gasteiger partial charge in [-0.3, -0.25) is 0 Å². The van der Waals surface area contributed by atoms with Crippen molar-refractivity contribution in [2.45, 2.75) is 92.0 Å². The standard InChI is InChI=1S/C20H39N/c1-6-7-14-21-15-8-9-19(16(21)2)17-10-12-18(13-11-17)20(3,4)5/h16-19H,6-15H2,1-5H3/t16-,17?,18?,19+/m1/s1. The Morgan fingerprint density at radius 3 is 2.24 bits per heavy atom. The molecule has 0 unspecified atom stereocenters. The van der Waals surface area contributed by atoms with E-state index < -0.39 is 0 Å². The second-order valence-electron chi connectivity index (χ2n) is 8.91.